The van der Waals surface area contributed by atoms with Crippen LogP contribution in [0.4, 0.5) is 5.69 Å². The Labute approximate surface area is 112 Å². The lowest BCUT2D eigenvalue weighted by atomic mass is 10.0. The van der Waals surface area contributed by atoms with Crippen LogP contribution in [0.25, 0.3) is 0 Å². The molecular formula is C16H27N2+. The number of hydrogen-bond acceptors (Lipinski definition) is 1. The number of nitrogens with one attached hydrogen (secondary N) is 1. The number of anilines is 1. The molecule has 1 aromatic carbocycles. The standard InChI is InChI=1S/C16H27N2/c1-3-11-18(12-5-4-6-13-18)14-15-7-9-16(17-2)10-8-15/h7-10,17H,3-6,11-14H2,1-2H3/q+1. The fraction of sp³-hybridized carbons (Fsp3) is 0.625. The van der Waals surface area contributed by atoms with E-state index >= 15 is 0 Å². The largest absolute Gasteiger partial charge is 0.388 e. The highest BCUT2D eigenvalue weighted by atomic mass is 15.4. The van der Waals surface area contributed by atoms with E-state index in [9.17, 15) is 0 Å². The normalized spacial score (nSPS) is 18.6. The molecule has 2 nitrogen and oxygen atoms in total. The van der Waals surface area contributed by atoms with Gasteiger partial charge in [0.05, 0.1) is 19.6 Å². The summed E-state index contributed by atoms with van der Waals surface area (Å²) in [6.07, 6.45) is 5.56. The van der Waals surface area contributed by atoms with E-state index in [0.29, 0.717) is 0 Å². The van der Waals surface area contributed by atoms with E-state index in [0.717, 1.165) is 0 Å². The Morgan fingerprint density at radius 2 is 1.72 bits per heavy atom. The molecule has 0 saturated carbocycles. The highest BCUT2D eigenvalue weighted by molar-refractivity contribution is 5.43. The number of rotatable bonds is 5. The molecule has 100 valence electrons. The second-order valence-corrected chi connectivity index (χ2v) is 5.68. The summed E-state index contributed by atoms with van der Waals surface area (Å²) in [6, 6.07) is 8.97. The Bertz CT molecular complexity index is 344. The zero-order valence-corrected chi connectivity index (χ0v) is 11.9. The van der Waals surface area contributed by atoms with Gasteiger partial charge in [-0.15, -0.1) is 0 Å². The molecule has 0 spiro atoms. The predicted molar refractivity (Wildman–Crippen MR) is 78.7 cm³/mol. The number of benzene rings is 1. The van der Waals surface area contributed by atoms with Crippen molar-refractivity contribution in [1.82, 2.24) is 0 Å². The van der Waals surface area contributed by atoms with Crippen molar-refractivity contribution < 1.29 is 4.48 Å². The van der Waals surface area contributed by atoms with Crippen LogP contribution in [-0.2, 0) is 6.54 Å². The van der Waals surface area contributed by atoms with Crippen LogP contribution < -0.4 is 5.32 Å². The van der Waals surface area contributed by atoms with Gasteiger partial charge in [-0.3, -0.25) is 0 Å². The number of hydrogen-bond donors (Lipinski definition) is 1. The van der Waals surface area contributed by atoms with Crippen molar-refractivity contribution in [3.63, 3.8) is 0 Å². The average molecular weight is 247 g/mol. The van der Waals surface area contributed by atoms with Gasteiger partial charge in [-0.05, 0) is 37.8 Å². The van der Waals surface area contributed by atoms with Crippen molar-refractivity contribution in [3.8, 4) is 0 Å². The van der Waals surface area contributed by atoms with Crippen molar-refractivity contribution >= 4 is 5.69 Å². The van der Waals surface area contributed by atoms with Gasteiger partial charge in [0.15, 0.2) is 0 Å². The Hall–Kier alpha value is -1.02. The van der Waals surface area contributed by atoms with Crippen LogP contribution in [0.5, 0.6) is 0 Å². The molecule has 2 heteroatoms. The molecule has 1 aliphatic rings. The first-order valence-electron chi connectivity index (χ1n) is 7.40. The van der Waals surface area contributed by atoms with Crippen LogP contribution in [-0.4, -0.2) is 31.2 Å². The van der Waals surface area contributed by atoms with Gasteiger partial charge < -0.3 is 9.80 Å². The highest BCUT2D eigenvalue weighted by Gasteiger charge is 2.28. The minimum absolute atomic E-state index is 1.21. The summed E-state index contributed by atoms with van der Waals surface area (Å²) in [5.41, 5.74) is 2.70. The number of quaternary nitrogens is 1. The van der Waals surface area contributed by atoms with Gasteiger partial charge >= 0.3 is 0 Å². The van der Waals surface area contributed by atoms with E-state index in [1.54, 1.807) is 0 Å². The van der Waals surface area contributed by atoms with Gasteiger partial charge in [-0.25, -0.2) is 0 Å². The van der Waals surface area contributed by atoms with Crippen molar-refractivity contribution in [1.29, 1.82) is 0 Å². The summed E-state index contributed by atoms with van der Waals surface area (Å²) >= 11 is 0. The summed E-state index contributed by atoms with van der Waals surface area (Å²) in [5.74, 6) is 0. The summed E-state index contributed by atoms with van der Waals surface area (Å²) in [4.78, 5) is 0. The fourth-order valence-corrected chi connectivity index (χ4v) is 3.28. The number of likely N-dealkylation sites (tertiary alicyclic amines) is 1. The zero-order chi connectivity index (χ0) is 12.8. The van der Waals surface area contributed by atoms with E-state index in [4.69, 9.17) is 0 Å². The van der Waals surface area contributed by atoms with Gasteiger partial charge in [0.1, 0.15) is 6.54 Å². The second kappa shape index (κ2) is 6.24. The number of piperidine rings is 1. The van der Waals surface area contributed by atoms with E-state index < -0.39 is 0 Å². The van der Waals surface area contributed by atoms with Gasteiger partial charge in [-0.1, -0.05) is 19.1 Å². The first-order chi connectivity index (χ1) is 8.78. The van der Waals surface area contributed by atoms with Crippen LogP contribution in [0.15, 0.2) is 24.3 Å². The Morgan fingerprint density at radius 1 is 1.06 bits per heavy atom. The topological polar surface area (TPSA) is 12.0 Å². The minimum Gasteiger partial charge on any atom is -0.388 e. The van der Waals surface area contributed by atoms with Crippen molar-refractivity contribution in [2.24, 2.45) is 0 Å². The smallest absolute Gasteiger partial charge is 0.104 e. The van der Waals surface area contributed by atoms with Crippen LogP contribution >= 0.6 is 0 Å². The second-order valence-electron chi connectivity index (χ2n) is 5.68. The fourth-order valence-electron chi connectivity index (χ4n) is 3.28. The van der Waals surface area contributed by atoms with Crippen LogP contribution in [0.3, 0.4) is 0 Å². The van der Waals surface area contributed by atoms with Crippen molar-refractivity contribution in [2.75, 3.05) is 32.0 Å². The predicted octanol–water partition coefficient (Wildman–Crippen LogP) is 3.64. The van der Waals surface area contributed by atoms with Gasteiger partial charge in [0.25, 0.3) is 0 Å². The highest BCUT2D eigenvalue weighted by Crippen LogP contribution is 2.24. The van der Waals surface area contributed by atoms with Crippen LogP contribution in [0.1, 0.15) is 38.2 Å². The lowest BCUT2D eigenvalue weighted by Crippen LogP contribution is -2.51. The third-order valence-corrected chi connectivity index (χ3v) is 4.22. The molecule has 0 aliphatic carbocycles. The van der Waals surface area contributed by atoms with Crippen molar-refractivity contribution in [2.45, 2.75) is 39.2 Å². The molecule has 0 aromatic heterocycles. The molecule has 1 aliphatic heterocycles. The maximum atomic E-state index is 3.19. The van der Waals surface area contributed by atoms with E-state index in [2.05, 4.69) is 36.5 Å². The molecule has 0 unspecified atom stereocenters. The van der Waals surface area contributed by atoms with Crippen LogP contribution in [0, 0.1) is 0 Å². The molecule has 1 fully saturated rings. The maximum Gasteiger partial charge on any atom is 0.104 e. The first kappa shape index (κ1) is 13.4. The molecule has 0 atom stereocenters. The lowest BCUT2D eigenvalue weighted by Gasteiger charge is -2.41. The molecule has 1 aromatic rings. The third-order valence-electron chi connectivity index (χ3n) is 4.22. The van der Waals surface area contributed by atoms with E-state index in [-0.39, 0.29) is 0 Å². The molecule has 0 radical (unpaired) electrons. The molecule has 1 saturated heterocycles. The average Bonchev–Trinajstić information content (AvgIpc) is 2.41. The third kappa shape index (κ3) is 3.26. The monoisotopic (exact) mass is 247 g/mol. The molecule has 1 N–H and O–H groups in total. The zero-order valence-electron chi connectivity index (χ0n) is 11.9. The van der Waals surface area contributed by atoms with Crippen molar-refractivity contribution in [3.05, 3.63) is 29.8 Å². The molecular weight excluding hydrogens is 220 g/mol. The van der Waals surface area contributed by atoms with Gasteiger partial charge in [-0.2, -0.15) is 0 Å². The lowest BCUT2D eigenvalue weighted by molar-refractivity contribution is -0.945. The molecule has 2 rings (SSSR count). The van der Waals surface area contributed by atoms with Crippen LogP contribution in [0.2, 0.25) is 0 Å². The Morgan fingerprint density at radius 3 is 2.28 bits per heavy atom. The molecule has 0 amide bonds. The van der Waals surface area contributed by atoms with E-state index in [1.807, 2.05) is 7.05 Å². The molecule has 0 bridgehead atoms. The SMILES string of the molecule is CCC[N+]1(Cc2ccc(NC)cc2)CCCCC1. The Balaban J connectivity index is 2.07. The number of nitrogens with zero attached hydrogens (tertiary/aromatic N) is 1. The minimum atomic E-state index is 1.21. The molecule has 18 heavy (non-hydrogen) atoms. The van der Waals surface area contributed by atoms with Gasteiger partial charge in [0, 0.05) is 18.3 Å². The quantitative estimate of drug-likeness (QED) is 0.783. The Kier molecular flexibility index (Phi) is 4.65. The van der Waals surface area contributed by atoms with Gasteiger partial charge in [0.2, 0.25) is 0 Å². The summed E-state index contributed by atoms with van der Waals surface area (Å²) in [7, 11) is 1.98. The summed E-state index contributed by atoms with van der Waals surface area (Å²) in [5, 5.41) is 3.19. The summed E-state index contributed by atoms with van der Waals surface area (Å²) in [6.45, 7) is 7.63. The van der Waals surface area contributed by atoms with E-state index in [1.165, 1.54) is 67.6 Å². The summed E-state index contributed by atoms with van der Waals surface area (Å²) < 4.78 is 1.31. The maximum absolute atomic E-state index is 3.19. The molecule has 1 heterocycles. The first-order valence-corrected chi connectivity index (χ1v) is 7.40.